The van der Waals surface area contributed by atoms with E-state index in [0.29, 0.717) is 5.56 Å². The summed E-state index contributed by atoms with van der Waals surface area (Å²) in [6.07, 6.45) is 3.00. The van der Waals surface area contributed by atoms with Crippen LogP contribution in [-0.4, -0.2) is 5.78 Å². The lowest BCUT2D eigenvalue weighted by Gasteiger charge is -2.15. The first-order chi connectivity index (χ1) is 7.48. The minimum atomic E-state index is 0.0363. The SMILES string of the molecule is CC(C)(C)c1ccc(C(=O)c2ccoc2)s1. The fourth-order valence-corrected chi connectivity index (χ4v) is 2.42. The van der Waals surface area contributed by atoms with E-state index in [-0.39, 0.29) is 11.2 Å². The van der Waals surface area contributed by atoms with Crippen molar-refractivity contribution in [2.24, 2.45) is 0 Å². The van der Waals surface area contributed by atoms with Crippen LogP contribution in [-0.2, 0) is 5.41 Å². The molecule has 0 aliphatic carbocycles. The number of thiophene rings is 1. The second-order valence-corrected chi connectivity index (χ2v) is 5.84. The third kappa shape index (κ3) is 2.09. The summed E-state index contributed by atoms with van der Waals surface area (Å²) in [5.74, 6) is 0.0363. The van der Waals surface area contributed by atoms with E-state index in [9.17, 15) is 4.79 Å². The van der Waals surface area contributed by atoms with Crippen LogP contribution in [0.2, 0.25) is 0 Å². The third-order valence-corrected chi connectivity index (χ3v) is 3.86. The van der Waals surface area contributed by atoms with Gasteiger partial charge in [0.05, 0.1) is 16.7 Å². The lowest BCUT2D eigenvalue weighted by molar-refractivity contribution is 0.104. The van der Waals surface area contributed by atoms with E-state index in [0.717, 1.165) is 4.88 Å². The quantitative estimate of drug-likeness (QED) is 0.738. The summed E-state index contributed by atoms with van der Waals surface area (Å²) in [4.78, 5) is 14.0. The van der Waals surface area contributed by atoms with Gasteiger partial charge in [-0.2, -0.15) is 0 Å². The largest absolute Gasteiger partial charge is 0.472 e. The molecule has 2 aromatic heterocycles. The zero-order valence-electron chi connectivity index (χ0n) is 9.61. The van der Waals surface area contributed by atoms with Crippen LogP contribution in [0, 0.1) is 0 Å². The van der Waals surface area contributed by atoms with E-state index in [1.807, 2.05) is 12.1 Å². The van der Waals surface area contributed by atoms with Gasteiger partial charge < -0.3 is 4.42 Å². The number of ketones is 1. The van der Waals surface area contributed by atoms with Crippen LogP contribution < -0.4 is 0 Å². The molecule has 0 spiro atoms. The Morgan fingerprint density at radius 1 is 1.25 bits per heavy atom. The Bertz CT molecular complexity index is 486. The smallest absolute Gasteiger partial charge is 0.206 e. The molecule has 84 valence electrons. The summed E-state index contributed by atoms with van der Waals surface area (Å²) >= 11 is 1.55. The lowest BCUT2D eigenvalue weighted by atomic mass is 9.95. The fraction of sp³-hybridized carbons (Fsp3) is 0.308. The van der Waals surface area contributed by atoms with Gasteiger partial charge in [0.25, 0.3) is 0 Å². The minimum Gasteiger partial charge on any atom is -0.472 e. The van der Waals surface area contributed by atoms with Crippen LogP contribution in [0.25, 0.3) is 0 Å². The Balaban J connectivity index is 2.30. The van der Waals surface area contributed by atoms with Gasteiger partial charge in [-0.3, -0.25) is 4.79 Å². The van der Waals surface area contributed by atoms with Crippen LogP contribution in [0.5, 0.6) is 0 Å². The molecule has 0 N–H and O–H groups in total. The van der Waals surface area contributed by atoms with Gasteiger partial charge in [0.2, 0.25) is 5.78 Å². The molecule has 0 bridgehead atoms. The van der Waals surface area contributed by atoms with E-state index in [1.165, 1.54) is 17.4 Å². The van der Waals surface area contributed by atoms with Gasteiger partial charge in [-0.25, -0.2) is 0 Å². The Hall–Kier alpha value is -1.35. The number of hydrogen-bond acceptors (Lipinski definition) is 3. The van der Waals surface area contributed by atoms with E-state index < -0.39 is 0 Å². The highest BCUT2D eigenvalue weighted by Gasteiger charge is 2.19. The maximum Gasteiger partial charge on any atom is 0.206 e. The van der Waals surface area contributed by atoms with Crippen LogP contribution in [0.15, 0.2) is 35.1 Å². The van der Waals surface area contributed by atoms with Crippen molar-refractivity contribution in [3.05, 3.63) is 46.0 Å². The Labute approximate surface area is 98.9 Å². The van der Waals surface area contributed by atoms with Crippen molar-refractivity contribution in [3.8, 4) is 0 Å². The van der Waals surface area contributed by atoms with Crippen molar-refractivity contribution in [2.75, 3.05) is 0 Å². The molecule has 0 saturated carbocycles. The predicted octanol–water partition coefficient (Wildman–Crippen LogP) is 3.87. The summed E-state index contributed by atoms with van der Waals surface area (Å²) < 4.78 is 4.91. The Morgan fingerprint density at radius 3 is 2.50 bits per heavy atom. The van der Waals surface area contributed by atoms with Crippen molar-refractivity contribution in [1.82, 2.24) is 0 Å². The highest BCUT2D eigenvalue weighted by molar-refractivity contribution is 7.14. The van der Waals surface area contributed by atoms with Gasteiger partial charge in [0, 0.05) is 4.88 Å². The molecule has 2 heterocycles. The fourth-order valence-electron chi connectivity index (χ4n) is 1.40. The number of carbonyl (C=O) groups is 1. The molecular formula is C13H14O2S. The van der Waals surface area contributed by atoms with Crippen LogP contribution in [0.3, 0.4) is 0 Å². The minimum absolute atomic E-state index is 0.0363. The van der Waals surface area contributed by atoms with Gasteiger partial charge in [-0.05, 0) is 23.6 Å². The second kappa shape index (κ2) is 3.91. The molecule has 0 radical (unpaired) electrons. The molecule has 0 aromatic carbocycles. The molecule has 2 rings (SSSR count). The number of furan rings is 1. The normalized spacial score (nSPS) is 11.7. The topological polar surface area (TPSA) is 30.2 Å². The first-order valence-electron chi connectivity index (χ1n) is 5.16. The molecule has 0 aliphatic rings. The molecule has 0 fully saturated rings. The van der Waals surface area contributed by atoms with Crippen molar-refractivity contribution in [2.45, 2.75) is 26.2 Å². The average molecular weight is 234 g/mol. The summed E-state index contributed by atoms with van der Waals surface area (Å²) in [5.41, 5.74) is 0.710. The number of carbonyl (C=O) groups excluding carboxylic acids is 1. The van der Waals surface area contributed by atoms with E-state index >= 15 is 0 Å². The first kappa shape index (κ1) is 11.1. The molecule has 0 unspecified atom stereocenters. The summed E-state index contributed by atoms with van der Waals surface area (Å²) in [6.45, 7) is 6.43. The number of rotatable bonds is 2. The summed E-state index contributed by atoms with van der Waals surface area (Å²) in [6, 6.07) is 5.61. The molecule has 2 nitrogen and oxygen atoms in total. The highest BCUT2D eigenvalue weighted by atomic mass is 32.1. The molecule has 2 aromatic rings. The van der Waals surface area contributed by atoms with Crippen molar-refractivity contribution < 1.29 is 9.21 Å². The second-order valence-electron chi connectivity index (χ2n) is 4.76. The molecule has 3 heteroatoms. The van der Waals surface area contributed by atoms with Crippen molar-refractivity contribution in [3.63, 3.8) is 0 Å². The van der Waals surface area contributed by atoms with E-state index in [4.69, 9.17) is 4.42 Å². The van der Waals surface area contributed by atoms with E-state index in [1.54, 1.807) is 17.4 Å². The van der Waals surface area contributed by atoms with Gasteiger partial charge in [-0.1, -0.05) is 20.8 Å². The van der Waals surface area contributed by atoms with E-state index in [2.05, 4.69) is 20.8 Å². The molecule has 0 amide bonds. The maximum atomic E-state index is 12.0. The summed E-state index contributed by atoms with van der Waals surface area (Å²) in [5, 5.41) is 0. The van der Waals surface area contributed by atoms with Crippen LogP contribution in [0.4, 0.5) is 0 Å². The lowest BCUT2D eigenvalue weighted by Crippen LogP contribution is -2.07. The standard InChI is InChI=1S/C13H14O2S/c1-13(2,3)11-5-4-10(16-11)12(14)9-6-7-15-8-9/h4-8H,1-3H3. The summed E-state index contributed by atoms with van der Waals surface area (Å²) in [7, 11) is 0. The van der Waals surface area contributed by atoms with Gasteiger partial charge in [0.1, 0.15) is 6.26 Å². The van der Waals surface area contributed by atoms with Gasteiger partial charge in [-0.15, -0.1) is 11.3 Å². The van der Waals surface area contributed by atoms with Crippen LogP contribution >= 0.6 is 11.3 Å². The molecular weight excluding hydrogens is 220 g/mol. The van der Waals surface area contributed by atoms with Crippen molar-refractivity contribution in [1.29, 1.82) is 0 Å². The molecule has 0 atom stereocenters. The first-order valence-corrected chi connectivity index (χ1v) is 5.97. The van der Waals surface area contributed by atoms with Crippen molar-refractivity contribution >= 4 is 17.1 Å². The molecule has 0 saturated heterocycles. The van der Waals surface area contributed by atoms with Gasteiger partial charge in [0.15, 0.2) is 0 Å². The Kier molecular flexibility index (Phi) is 2.72. The molecule has 0 aliphatic heterocycles. The Morgan fingerprint density at radius 2 is 2.00 bits per heavy atom. The van der Waals surface area contributed by atoms with Gasteiger partial charge >= 0.3 is 0 Å². The maximum absolute atomic E-state index is 12.0. The average Bonchev–Trinajstić information content (AvgIpc) is 2.87. The highest BCUT2D eigenvalue weighted by Crippen LogP contribution is 2.30. The van der Waals surface area contributed by atoms with Crippen LogP contribution in [0.1, 0.15) is 40.9 Å². The predicted molar refractivity (Wildman–Crippen MR) is 65.2 cm³/mol. The zero-order valence-corrected chi connectivity index (χ0v) is 10.4. The molecule has 16 heavy (non-hydrogen) atoms. The zero-order chi connectivity index (χ0) is 11.8. The number of hydrogen-bond donors (Lipinski definition) is 0. The third-order valence-electron chi connectivity index (χ3n) is 2.35. The monoisotopic (exact) mass is 234 g/mol.